The van der Waals surface area contributed by atoms with Crippen molar-refractivity contribution in [3.8, 4) is 0 Å². The molecule has 2 N–H and O–H groups in total. The van der Waals surface area contributed by atoms with E-state index in [0.717, 1.165) is 25.5 Å². The van der Waals surface area contributed by atoms with Gasteiger partial charge in [-0.25, -0.2) is 0 Å². The maximum absolute atomic E-state index is 4.36. The molecule has 0 bridgehead atoms. The Balaban J connectivity index is 1.69. The molecule has 0 heterocycles. The molecule has 0 aliphatic heterocycles. The second kappa shape index (κ2) is 9.07. The minimum atomic E-state index is 0.515. The Morgan fingerprint density at radius 3 is 2.42 bits per heavy atom. The average Bonchev–Trinajstić information content (AvgIpc) is 3.32. The van der Waals surface area contributed by atoms with Gasteiger partial charge < -0.3 is 10.6 Å². The maximum atomic E-state index is 4.36. The lowest BCUT2D eigenvalue weighted by molar-refractivity contribution is 0.173. The Kier molecular flexibility index (Phi) is 7.10. The van der Waals surface area contributed by atoms with Gasteiger partial charge in [-0.1, -0.05) is 30.3 Å². The van der Waals surface area contributed by atoms with Crippen molar-refractivity contribution in [2.45, 2.75) is 64.6 Å². The van der Waals surface area contributed by atoms with Crippen molar-refractivity contribution in [3.05, 3.63) is 35.9 Å². The second-order valence-corrected chi connectivity index (χ2v) is 7.28. The Labute approximate surface area is 147 Å². The molecule has 4 nitrogen and oxygen atoms in total. The molecule has 0 aromatic heterocycles. The summed E-state index contributed by atoms with van der Waals surface area (Å²) in [5.41, 5.74) is 1.43. The van der Waals surface area contributed by atoms with Crippen molar-refractivity contribution in [2.75, 3.05) is 20.1 Å². The molecule has 1 aliphatic rings. The van der Waals surface area contributed by atoms with Gasteiger partial charge >= 0.3 is 0 Å². The van der Waals surface area contributed by atoms with Gasteiger partial charge in [0.1, 0.15) is 0 Å². The van der Waals surface area contributed by atoms with Crippen molar-refractivity contribution in [2.24, 2.45) is 4.99 Å². The monoisotopic (exact) mass is 330 g/mol. The lowest BCUT2D eigenvalue weighted by atomic mass is 10.1. The number of nitrogens with zero attached hydrogens (tertiary/aromatic N) is 2. The first-order valence-electron chi connectivity index (χ1n) is 9.30. The fraction of sp³-hybridized carbons (Fsp3) is 0.650. The third kappa shape index (κ3) is 5.52. The molecule has 0 spiro atoms. The molecule has 1 aromatic rings. The van der Waals surface area contributed by atoms with E-state index in [2.05, 4.69) is 78.6 Å². The summed E-state index contributed by atoms with van der Waals surface area (Å²) in [4.78, 5) is 6.90. The number of hydrogen-bond donors (Lipinski definition) is 2. The van der Waals surface area contributed by atoms with E-state index in [4.69, 9.17) is 0 Å². The van der Waals surface area contributed by atoms with Gasteiger partial charge in [0.25, 0.3) is 0 Å². The number of rotatable bonds is 8. The number of hydrogen-bond acceptors (Lipinski definition) is 2. The first kappa shape index (κ1) is 18.8. The van der Waals surface area contributed by atoms with Crippen LogP contribution in [0.2, 0.25) is 0 Å². The van der Waals surface area contributed by atoms with Gasteiger partial charge in [-0.05, 0) is 46.1 Å². The van der Waals surface area contributed by atoms with E-state index >= 15 is 0 Å². The van der Waals surface area contributed by atoms with Crippen molar-refractivity contribution < 1.29 is 0 Å². The minimum Gasteiger partial charge on any atom is -0.356 e. The summed E-state index contributed by atoms with van der Waals surface area (Å²) in [7, 11) is 1.85. The summed E-state index contributed by atoms with van der Waals surface area (Å²) >= 11 is 0. The van der Waals surface area contributed by atoms with Crippen molar-refractivity contribution in [1.29, 1.82) is 0 Å². The zero-order chi connectivity index (χ0) is 17.5. The fourth-order valence-corrected chi connectivity index (χ4v) is 3.37. The van der Waals surface area contributed by atoms with Crippen LogP contribution in [0, 0.1) is 0 Å². The molecule has 2 atom stereocenters. The Morgan fingerprint density at radius 1 is 1.17 bits per heavy atom. The van der Waals surface area contributed by atoms with Crippen LogP contribution >= 0.6 is 0 Å². The third-order valence-electron chi connectivity index (χ3n) is 4.78. The summed E-state index contributed by atoms with van der Waals surface area (Å²) in [6.07, 6.45) is 2.32. The van der Waals surface area contributed by atoms with Gasteiger partial charge in [0.2, 0.25) is 0 Å². The first-order valence-corrected chi connectivity index (χ1v) is 9.30. The molecular weight excluding hydrogens is 296 g/mol. The molecule has 2 unspecified atom stereocenters. The highest BCUT2D eigenvalue weighted by molar-refractivity contribution is 5.80. The van der Waals surface area contributed by atoms with Crippen LogP contribution in [-0.2, 0) is 0 Å². The smallest absolute Gasteiger partial charge is 0.191 e. The summed E-state index contributed by atoms with van der Waals surface area (Å²) in [6, 6.07) is 12.5. The van der Waals surface area contributed by atoms with Crippen LogP contribution < -0.4 is 10.6 Å². The zero-order valence-electron chi connectivity index (χ0n) is 15.9. The van der Waals surface area contributed by atoms with Gasteiger partial charge in [0.05, 0.1) is 0 Å². The van der Waals surface area contributed by atoms with E-state index in [-0.39, 0.29) is 0 Å². The van der Waals surface area contributed by atoms with Gasteiger partial charge in [-0.15, -0.1) is 0 Å². The van der Waals surface area contributed by atoms with Gasteiger partial charge in [-0.2, -0.15) is 0 Å². The SMILES string of the molecule is CN=C(NCCCN(C(C)C)C(C)C)NC1CC1c1ccccc1. The molecule has 4 heteroatoms. The molecular formula is C20H34N4. The summed E-state index contributed by atoms with van der Waals surface area (Å²) in [5.74, 6) is 1.56. The van der Waals surface area contributed by atoms with E-state index in [0.29, 0.717) is 24.0 Å². The lowest BCUT2D eigenvalue weighted by Gasteiger charge is -2.30. The number of aliphatic imine (C=N–C) groups is 1. The minimum absolute atomic E-state index is 0.515. The molecule has 0 saturated heterocycles. The van der Waals surface area contributed by atoms with Crippen molar-refractivity contribution >= 4 is 5.96 Å². The lowest BCUT2D eigenvalue weighted by Crippen LogP contribution is -2.42. The first-order chi connectivity index (χ1) is 11.5. The van der Waals surface area contributed by atoms with Gasteiger partial charge in [-0.3, -0.25) is 9.89 Å². The van der Waals surface area contributed by atoms with Gasteiger partial charge in [0, 0.05) is 44.2 Å². The molecule has 24 heavy (non-hydrogen) atoms. The second-order valence-electron chi connectivity index (χ2n) is 7.28. The Hall–Kier alpha value is -1.55. The van der Waals surface area contributed by atoms with Crippen LogP contribution in [0.25, 0.3) is 0 Å². The van der Waals surface area contributed by atoms with Crippen LogP contribution in [0.1, 0.15) is 52.0 Å². The number of guanidine groups is 1. The third-order valence-corrected chi connectivity index (χ3v) is 4.78. The van der Waals surface area contributed by atoms with E-state index < -0.39 is 0 Å². The Morgan fingerprint density at radius 2 is 1.83 bits per heavy atom. The maximum Gasteiger partial charge on any atom is 0.191 e. The van der Waals surface area contributed by atoms with E-state index in [9.17, 15) is 0 Å². The Bertz CT molecular complexity index is 502. The van der Waals surface area contributed by atoms with Crippen LogP contribution in [0.3, 0.4) is 0 Å². The highest BCUT2D eigenvalue weighted by atomic mass is 15.2. The van der Waals surface area contributed by atoms with Crippen molar-refractivity contribution in [3.63, 3.8) is 0 Å². The van der Waals surface area contributed by atoms with Crippen LogP contribution in [0.4, 0.5) is 0 Å². The topological polar surface area (TPSA) is 39.7 Å². The van der Waals surface area contributed by atoms with Crippen LogP contribution in [0.5, 0.6) is 0 Å². The predicted molar refractivity (Wildman–Crippen MR) is 104 cm³/mol. The zero-order valence-corrected chi connectivity index (χ0v) is 15.9. The molecule has 2 rings (SSSR count). The molecule has 1 aromatic carbocycles. The summed E-state index contributed by atoms with van der Waals surface area (Å²) < 4.78 is 0. The van der Waals surface area contributed by atoms with Gasteiger partial charge in [0.15, 0.2) is 5.96 Å². The predicted octanol–water partition coefficient (Wildman–Crippen LogP) is 3.22. The molecule has 1 saturated carbocycles. The summed E-state index contributed by atoms with van der Waals surface area (Å²) in [5, 5.41) is 7.01. The molecule has 0 amide bonds. The molecule has 1 aliphatic carbocycles. The standard InChI is InChI=1S/C20H34N4/c1-15(2)24(16(3)4)13-9-12-22-20(21-5)23-19-14-18(19)17-10-7-6-8-11-17/h6-8,10-11,15-16,18-19H,9,12-14H2,1-5H3,(H2,21,22,23). The highest BCUT2D eigenvalue weighted by Crippen LogP contribution is 2.40. The van der Waals surface area contributed by atoms with E-state index in [1.165, 1.54) is 12.0 Å². The van der Waals surface area contributed by atoms with Crippen molar-refractivity contribution in [1.82, 2.24) is 15.5 Å². The molecule has 0 radical (unpaired) electrons. The summed E-state index contributed by atoms with van der Waals surface area (Å²) in [6.45, 7) is 11.2. The molecule has 134 valence electrons. The fourth-order valence-electron chi connectivity index (χ4n) is 3.37. The van der Waals surface area contributed by atoms with E-state index in [1.807, 2.05) is 7.05 Å². The highest BCUT2D eigenvalue weighted by Gasteiger charge is 2.38. The van der Waals surface area contributed by atoms with Crippen LogP contribution in [-0.4, -0.2) is 49.1 Å². The largest absolute Gasteiger partial charge is 0.356 e. The van der Waals surface area contributed by atoms with Crippen LogP contribution in [0.15, 0.2) is 35.3 Å². The number of nitrogens with one attached hydrogen (secondary N) is 2. The average molecular weight is 331 g/mol. The quantitative estimate of drug-likeness (QED) is 0.437. The normalized spacial score (nSPS) is 20.8. The number of benzene rings is 1. The molecule has 1 fully saturated rings. The van der Waals surface area contributed by atoms with E-state index in [1.54, 1.807) is 0 Å².